The number of hydrogen-bond donors (Lipinski definition) is 0. The number of hydrogen-bond acceptors (Lipinski definition) is 3. The summed E-state index contributed by atoms with van der Waals surface area (Å²) in [6.07, 6.45) is 2.12. The fraction of sp³-hybridized carbons (Fsp3) is 0.750. The second-order valence-electron chi connectivity index (χ2n) is 3.19. The van der Waals surface area contributed by atoms with Gasteiger partial charge in [0, 0.05) is 12.6 Å². The maximum absolute atomic E-state index is 11.6. The lowest BCUT2D eigenvalue weighted by Gasteiger charge is -1.99. The van der Waals surface area contributed by atoms with Crippen molar-refractivity contribution in [3.63, 3.8) is 0 Å². The highest BCUT2D eigenvalue weighted by atomic mass is 16.5. The zero-order valence-electron chi connectivity index (χ0n) is 7.86. The van der Waals surface area contributed by atoms with Gasteiger partial charge >= 0.3 is 11.7 Å². The molecule has 2 rings (SSSR count). The molecule has 0 aromatic carbocycles. The summed E-state index contributed by atoms with van der Waals surface area (Å²) in [5.74, 6) is 0. The molecule has 13 heavy (non-hydrogen) atoms. The summed E-state index contributed by atoms with van der Waals surface area (Å²) in [4.78, 5) is 11.6. The van der Waals surface area contributed by atoms with E-state index in [2.05, 4.69) is 5.10 Å². The average Bonchev–Trinajstić information content (AvgIpc) is 2.91. The predicted molar refractivity (Wildman–Crippen MR) is 47.0 cm³/mol. The Hall–Kier alpha value is -1.26. The van der Waals surface area contributed by atoms with E-state index in [0.29, 0.717) is 18.6 Å². The van der Waals surface area contributed by atoms with Crippen molar-refractivity contribution in [2.45, 2.75) is 32.4 Å². The van der Waals surface area contributed by atoms with Crippen molar-refractivity contribution in [2.75, 3.05) is 7.11 Å². The van der Waals surface area contributed by atoms with Crippen molar-refractivity contribution < 1.29 is 4.74 Å². The number of nitrogens with zero attached hydrogens (tertiary/aromatic N) is 3. The lowest BCUT2D eigenvalue weighted by Crippen LogP contribution is -2.23. The summed E-state index contributed by atoms with van der Waals surface area (Å²) in [5.41, 5.74) is -0.0538. The van der Waals surface area contributed by atoms with Crippen LogP contribution in [0.4, 0.5) is 0 Å². The summed E-state index contributed by atoms with van der Waals surface area (Å²) in [5, 5.41) is 4.05. The molecule has 0 bridgehead atoms. The van der Waals surface area contributed by atoms with Gasteiger partial charge in [-0.1, -0.05) is 0 Å². The standard InChI is InChI=1S/C8H13N3O2/c1-3-10-8(12)11(6-4-5-6)7(9-10)13-2/h6H,3-5H2,1-2H3. The Kier molecular flexibility index (Phi) is 1.86. The van der Waals surface area contributed by atoms with Crippen LogP contribution in [0.3, 0.4) is 0 Å². The fourth-order valence-electron chi connectivity index (χ4n) is 1.39. The van der Waals surface area contributed by atoms with Crippen LogP contribution in [0.5, 0.6) is 6.01 Å². The molecule has 0 saturated heterocycles. The van der Waals surface area contributed by atoms with Crippen LogP contribution in [0.25, 0.3) is 0 Å². The van der Waals surface area contributed by atoms with E-state index in [4.69, 9.17) is 4.74 Å². The minimum absolute atomic E-state index is 0.0538. The molecule has 1 heterocycles. The normalized spacial score (nSPS) is 16.2. The first-order chi connectivity index (χ1) is 6.27. The minimum atomic E-state index is -0.0538. The zero-order chi connectivity index (χ0) is 9.42. The highest BCUT2D eigenvalue weighted by Gasteiger charge is 2.30. The topological polar surface area (TPSA) is 49.0 Å². The summed E-state index contributed by atoms with van der Waals surface area (Å²) in [7, 11) is 1.54. The molecule has 1 aromatic rings. The van der Waals surface area contributed by atoms with Gasteiger partial charge in [0.25, 0.3) is 0 Å². The quantitative estimate of drug-likeness (QED) is 0.681. The monoisotopic (exact) mass is 183 g/mol. The Labute approximate surface area is 75.9 Å². The molecule has 0 amide bonds. The first-order valence-electron chi connectivity index (χ1n) is 4.51. The van der Waals surface area contributed by atoms with Gasteiger partial charge in [0.05, 0.1) is 7.11 Å². The van der Waals surface area contributed by atoms with Gasteiger partial charge in [-0.25, -0.2) is 14.0 Å². The average molecular weight is 183 g/mol. The van der Waals surface area contributed by atoms with Gasteiger partial charge in [-0.15, -0.1) is 5.10 Å². The Morgan fingerprint density at radius 3 is 2.77 bits per heavy atom. The third-order valence-electron chi connectivity index (χ3n) is 2.23. The van der Waals surface area contributed by atoms with Gasteiger partial charge in [0.15, 0.2) is 0 Å². The van der Waals surface area contributed by atoms with Crippen molar-refractivity contribution in [3.8, 4) is 6.01 Å². The Morgan fingerprint density at radius 1 is 1.62 bits per heavy atom. The molecular formula is C8H13N3O2. The van der Waals surface area contributed by atoms with E-state index in [1.165, 1.54) is 4.68 Å². The van der Waals surface area contributed by atoms with Crippen LogP contribution in [0.15, 0.2) is 4.79 Å². The fourth-order valence-corrected chi connectivity index (χ4v) is 1.39. The first-order valence-corrected chi connectivity index (χ1v) is 4.51. The van der Waals surface area contributed by atoms with E-state index >= 15 is 0 Å². The van der Waals surface area contributed by atoms with E-state index in [0.717, 1.165) is 12.8 Å². The molecule has 0 unspecified atom stereocenters. The number of methoxy groups -OCH3 is 1. The third kappa shape index (κ3) is 1.24. The van der Waals surface area contributed by atoms with E-state index in [9.17, 15) is 4.79 Å². The van der Waals surface area contributed by atoms with Gasteiger partial charge in [-0.2, -0.15) is 0 Å². The number of aromatic nitrogens is 3. The lowest BCUT2D eigenvalue weighted by atomic mass is 10.7. The molecule has 0 spiro atoms. The van der Waals surface area contributed by atoms with E-state index < -0.39 is 0 Å². The van der Waals surface area contributed by atoms with Gasteiger partial charge in [0.1, 0.15) is 0 Å². The Bertz CT molecular complexity index is 362. The van der Waals surface area contributed by atoms with E-state index in [-0.39, 0.29) is 5.69 Å². The Morgan fingerprint density at radius 2 is 2.31 bits per heavy atom. The van der Waals surface area contributed by atoms with Crippen molar-refractivity contribution in [2.24, 2.45) is 0 Å². The largest absolute Gasteiger partial charge is 0.467 e. The SMILES string of the molecule is CCn1nc(OC)n(C2CC2)c1=O. The van der Waals surface area contributed by atoms with E-state index in [1.807, 2.05) is 6.92 Å². The molecule has 1 aromatic heterocycles. The maximum atomic E-state index is 11.6. The second-order valence-corrected chi connectivity index (χ2v) is 3.19. The summed E-state index contributed by atoms with van der Waals surface area (Å²) in [6.45, 7) is 2.49. The molecule has 5 nitrogen and oxygen atoms in total. The smallest absolute Gasteiger partial charge is 0.348 e. The van der Waals surface area contributed by atoms with Gasteiger partial charge in [-0.05, 0) is 19.8 Å². The Balaban J connectivity index is 2.49. The minimum Gasteiger partial charge on any atom is -0.467 e. The summed E-state index contributed by atoms with van der Waals surface area (Å²) >= 11 is 0. The van der Waals surface area contributed by atoms with Gasteiger partial charge in [-0.3, -0.25) is 0 Å². The molecule has 1 saturated carbocycles. The van der Waals surface area contributed by atoms with Crippen LogP contribution in [-0.4, -0.2) is 21.5 Å². The number of ether oxygens (including phenoxy) is 1. The van der Waals surface area contributed by atoms with Crippen LogP contribution >= 0.6 is 0 Å². The second kappa shape index (κ2) is 2.90. The van der Waals surface area contributed by atoms with Crippen LogP contribution < -0.4 is 10.4 Å². The summed E-state index contributed by atoms with van der Waals surface area (Å²) in [6, 6.07) is 0.761. The maximum Gasteiger partial charge on any atom is 0.348 e. The van der Waals surface area contributed by atoms with Crippen molar-refractivity contribution in [3.05, 3.63) is 10.5 Å². The van der Waals surface area contributed by atoms with Crippen LogP contribution in [0.2, 0.25) is 0 Å². The molecule has 1 aliphatic carbocycles. The van der Waals surface area contributed by atoms with Crippen molar-refractivity contribution >= 4 is 0 Å². The molecule has 0 radical (unpaired) electrons. The van der Waals surface area contributed by atoms with Crippen LogP contribution in [0.1, 0.15) is 25.8 Å². The molecule has 5 heteroatoms. The molecule has 72 valence electrons. The third-order valence-corrected chi connectivity index (χ3v) is 2.23. The predicted octanol–water partition coefficient (Wildman–Crippen LogP) is 0.408. The molecule has 0 N–H and O–H groups in total. The molecule has 1 fully saturated rings. The molecule has 0 atom stereocenters. The first kappa shape index (κ1) is 8.34. The molecule has 1 aliphatic rings. The van der Waals surface area contributed by atoms with Crippen molar-refractivity contribution in [1.29, 1.82) is 0 Å². The van der Waals surface area contributed by atoms with Crippen LogP contribution in [0, 0.1) is 0 Å². The zero-order valence-corrected chi connectivity index (χ0v) is 7.86. The lowest BCUT2D eigenvalue weighted by molar-refractivity contribution is 0.352. The highest BCUT2D eigenvalue weighted by molar-refractivity contribution is 5.00. The number of rotatable bonds is 3. The number of aryl methyl sites for hydroxylation is 1. The van der Waals surface area contributed by atoms with Crippen LogP contribution in [-0.2, 0) is 6.54 Å². The summed E-state index contributed by atoms with van der Waals surface area (Å²) < 4.78 is 8.11. The van der Waals surface area contributed by atoms with E-state index in [1.54, 1.807) is 11.7 Å². The van der Waals surface area contributed by atoms with Gasteiger partial charge in [0.2, 0.25) is 0 Å². The molecular weight excluding hydrogens is 170 g/mol. The molecule has 0 aliphatic heterocycles. The van der Waals surface area contributed by atoms with Gasteiger partial charge < -0.3 is 4.74 Å². The highest BCUT2D eigenvalue weighted by Crippen LogP contribution is 2.35. The van der Waals surface area contributed by atoms with Crippen molar-refractivity contribution in [1.82, 2.24) is 14.3 Å².